The molecular weight excluding hydrogens is 397 g/mol. The van der Waals surface area contributed by atoms with Crippen LogP contribution in [0.5, 0.6) is 0 Å². The SMILES string of the molecule is Cc1nn(C)c2ncc(C(=O)N3C[C@@H](CN)[C@H](c4ccccc4)C3)cc12.Cl.Cl. The molecule has 0 radical (unpaired) electrons. The van der Waals surface area contributed by atoms with E-state index in [-0.39, 0.29) is 42.6 Å². The Labute approximate surface area is 176 Å². The standard InChI is InChI=1S/C20H23N5O.2ClH/c1-13-17-8-15(10-22-19(17)24(2)23-13)20(26)25-11-16(9-21)18(12-25)14-6-4-3-5-7-14;;/h3-8,10,16,18H,9,11-12,21H2,1-2H3;2*1H/t16-,18+;;/m1../s1. The maximum Gasteiger partial charge on any atom is 0.255 e. The summed E-state index contributed by atoms with van der Waals surface area (Å²) in [6.07, 6.45) is 1.65. The number of aryl methyl sites for hydroxylation is 2. The van der Waals surface area contributed by atoms with Crippen molar-refractivity contribution in [3.05, 3.63) is 59.4 Å². The summed E-state index contributed by atoms with van der Waals surface area (Å²) in [5.74, 6) is 0.569. The second kappa shape index (κ2) is 8.90. The van der Waals surface area contributed by atoms with E-state index in [1.165, 1.54) is 5.56 Å². The van der Waals surface area contributed by atoms with Gasteiger partial charge in [0.15, 0.2) is 5.65 Å². The molecule has 8 heteroatoms. The summed E-state index contributed by atoms with van der Waals surface area (Å²) in [5.41, 5.74) is 9.53. The normalized spacial score (nSPS) is 18.6. The van der Waals surface area contributed by atoms with Gasteiger partial charge < -0.3 is 10.6 Å². The molecule has 0 unspecified atom stereocenters. The van der Waals surface area contributed by atoms with E-state index >= 15 is 0 Å². The van der Waals surface area contributed by atoms with Crippen molar-refractivity contribution in [2.45, 2.75) is 12.8 Å². The van der Waals surface area contributed by atoms with Gasteiger partial charge in [-0.25, -0.2) is 4.98 Å². The maximum atomic E-state index is 13.1. The number of halogens is 2. The molecule has 3 aromatic rings. The van der Waals surface area contributed by atoms with Gasteiger partial charge in [0.1, 0.15) is 0 Å². The topological polar surface area (TPSA) is 77.0 Å². The Morgan fingerprint density at radius 3 is 2.61 bits per heavy atom. The molecule has 1 saturated heterocycles. The summed E-state index contributed by atoms with van der Waals surface area (Å²) in [5, 5.41) is 5.30. The minimum Gasteiger partial charge on any atom is -0.338 e. The number of carbonyl (C=O) groups excluding carboxylic acids is 1. The van der Waals surface area contributed by atoms with Crippen molar-refractivity contribution < 1.29 is 4.79 Å². The first kappa shape index (κ1) is 22.1. The number of likely N-dealkylation sites (tertiary alicyclic amines) is 1. The van der Waals surface area contributed by atoms with E-state index in [9.17, 15) is 4.79 Å². The van der Waals surface area contributed by atoms with E-state index in [4.69, 9.17) is 5.73 Å². The third-order valence-electron chi connectivity index (χ3n) is 5.37. The molecule has 0 bridgehead atoms. The van der Waals surface area contributed by atoms with Gasteiger partial charge in [-0.15, -0.1) is 24.8 Å². The summed E-state index contributed by atoms with van der Waals surface area (Å²) >= 11 is 0. The van der Waals surface area contributed by atoms with Crippen LogP contribution in [0, 0.1) is 12.8 Å². The lowest BCUT2D eigenvalue weighted by Gasteiger charge is -2.17. The van der Waals surface area contributed by atoms with Crippen LogP contribution in [0.3, 0.4) is 0 Å². The molecule has 4 rings (SSSR count). The van der Waals surface area contributed by atoms with Gasteiger partial charge in [-0.1, -0.05) is 30.3 Å². The monoisotopic (exact) mass is 421 g/mol. The fourth-order valence-electron chi connectivity index (χ4n) is 3.96. The van der Waals surface area contributed by atoms with Crippen LogP contribution in [0.4, 0.5) is 0 Å². The molecule has 6 nitrogen and oxygen atoms in total. The highest BCUT2D eigenvalue weighted by Crippen LogP contribution is 2.33. The van der Waals surface area contributed by atoms with E-state index in [1.54, 1.807) is 10.9 Å². The summed E-state index contributed by atoms with van der Waals surface area (Å²) in [6.45, 7) is 3.88. The van der Waals surface area contributed by atoms with Gasteiger partial charge in [0.2, 0.25) is 0 Å². The van der Waals surface area contributed by atoms with E-state index in [1.807, 2.05) is 43.1 Å². The highest BCUT2D eigenvalue weighted by atomic mass is 35.5. The van der Waals surface area contributed by atoms with E-state index in [0.29, 0.717) is 25.2 Å². The molecule has 0 aliphatic carbocycles. The predicted molar refractivity (Wildman–Crippen MR) is 115 cm³/mol. The van der Waals surface area contributed by atoms with Crippen LogP contribution in [-0.2, 0) is 7.05 Å². The number of nitrogens with two attached hydrogens (primary N) is 1. The number of fused-ring (bicyclic) bond motifs is 1. The minimum atomic E-state index is 0. The van der Waals surface area contributed by atoms with E-state index < -0.39 is 0 Å². The zero-order valence-corrected chi connectivity index (χ0v) is 17.5. The van der Waals surface area contributed by atoms with Crippen molar-refractivity contribution >= 4 is 41.8 Å². The lowest BCUT2D eigenvalue weighted by atomic mass is 9.89. The molecule has 2 N–H and O–H groups in total. The molecule has 3 heterocycles. The number of hydrogen-bond acceptors (Lipinski definition) is 4. The van der Waals surface area contributed by atoms with Crippen molar-refractivity contribution in [1.29, 1.82) is 0 Å². The Kier molecular flexibility index (Phi) is 7.04. The largest absolute Gasteiger partial charge is 0.338 e. The van der Waals surface area contributed by atoms with Gasteiger partial charge in [0.05, 0.1) is 11.3 Å². The number of aromatic nitrogens is 3. The fourth-order valence-corrected chi connectivity index (χ4v) is 3.96. The van der Waals surface area contributed by atoms with Gasteiger partial charge in [-0.3, -0.25) is 9.48 Å². The van der Waals surface area contributed by atoms with Crippen LogP contribution in [-0.4, -0.2) is 45.2 Å². The molecule has 2 atom stereocenters. The average molecular weight is 422 g/mol. The lowest BCUT2D eigenvalue weighted by molar-refractivity contribution is 0.0786. The Hall–Kier alpha value is -2.15. The van der Waals surface area contributed by atoms with Gasteiger partial charge in [-0.2, -0.15) is 5.10 Å². The van der Waals surface area contributed by atoms with Crippen LogP contribution >= 0.6 is 24.8 Å². The van der Waals surface area contributed by atoms with Crippen molar-refractivity contribution in [3.63, 3.8) is 0 Å². The van der Waals surface area contributed by atoms with Crippen LogP contribution < -0.4 is 5.73 Å². The van der Waals surface area contributed by atoms with Crippen LogP contribution in [0.2, 0.25) is 0 Å². The van der Waals surface area contributed by atoms with Crippen molar-refractivity contribution in [1.82, 2.24) is 19.7 Å². The van der Waals surface area contributed by atoms with Gasteiger partial charge in [0, 0.05) is 37.6 Å². The number of amides is 1. The Morgan fingerprint density at radius 2 is 1.93 bits per heavy atom. The van der Waals surface area contributed by atoms with Crippen molar-refractivity contribution in [3.8, 4) is 0 Å². The number of nitrogens with zero attached hydrogens (tertiary/aromatic N) is 4. The molecule has 2 aromatic heterocycles. The Bertz CT molecular complexity index is 960. The first-order chi connectivity index (χ1) is 12.6. The molecule has 1 aliphatic rings. The molecule has 1 aliphatic heterocycles. The van der Waals surface area contributed by atoms with Gasteiger partial charge in [0.25, 0.3) is 5.91 Å². The fraction of sp³-hybridized carbons (Fsp3) is 0.350. The first-order valence-corrected chi connectivity index (χ1v) is 8.92. The van der Waals surface area contributed by atoms with Crippen molar-refractivity contribution in [2.75, 3.05) is 19.6 Å². The van der Waals surface area contributed by atoms with Gasteiger partial charge >= 0.3 is 0 Å². The Morgan fingerprint density at radius 1 is 1.21 bits per heavy atom. The second-order valence-electron chi connectivity index (χ2n) is 7.03. The Balaban J connectivity index is 0.00000140. The second-order valence-corrected chi connectivity index (χ2v) is 7.03. The molecule has 0 spiro atoms. The highest BCUT2D eigenvalue weighted by molar-refractivity contribution is 5.97. The number of benzene rings is 1. The van der Waals surface area contributed by atoms with E-state index in [0.717, 1.165) is 16.7 Å². The number of hydrogen-bond donors (Lipinski definition) is 1. The average Bonchev–Trinajstić information content (AvgIpc) is 3.23. The smallest absolute Gasteiger partial charge is 0.255 e. The zero-order valence-electron chi connectivity index (χ0n) is 15.9. The van der Waals surface area contributed by atoms with E-state index in [2.05, 4.69) is 22.2 Å². The number of carbonyl (C=O) groups is 1. The molecule has 1 amide bonds. The van der Waals surface area contributed by atoms with Crippen LogP contribution in [0.1, 0.15) is 27.5 Å². The number of rotatable bonds is 3. The summed E-state index contributed by atoms with van der Waals surface area (Å²) in [7, 11) is 1.86. The summed E-state index contributed by atoms with van der Waals surface area (Å²) < 4.78 is 1.74. The highest BCUT2D eigenvalue weighted by Gasteiger charge is 2.35. The zero-order chi connectivity index (χ0) is 18.3. The molecule has 28 heavy (non-hydrogen) atoms. The quantitative estimate of drug-likeness (QED) is 0.704. The summed E-state index contributed by atoms with van der Waals surface area (Å²) in [6, 6.07) is 12.2. The van der Waals surface area contributed by atoms with Crippen LogP contribution in [0.25, 0.3) is 11.0 Å². The summed E-state index contributed by atoms with van der Waals surface area (Å²) in [4.78, 5) is 19.4. The molecule has 1 aromatic carbocycles. The maximum absolute atomic E-state index is 13.1. The molecule has 0 saturated carbocycles. The first-order valence-electron chi connectivity index (χ1n) is 8.92. The minimum absolute atomic E-state index is 0. The van der Waals surface area contributed by atoms with Crippen LogP contribution in [0.15, 0.2) is 42.6 Å². The third kappa shape index (κ3) is 3.85. The molecular formula is C20H25Cl2N5O. The number of pyridine rings is 1. The molecule has 1 fully saturated rings. The molecule has 150 valence electrons. The third-order valence-corrected chi connectivity index (χ3v) is 5.37. The van der Waals surface area contributed by atoms with Crippen molar-refractivity contribution in [2.24, 2.45) is 18.7 Å². The predicted octanol–water partition coefficient (Wildman–Crippen LogP) is 2.93. The lowest BCUT2D eigenvalue weighted by Crippen LogP contribution is -2.29. The van der Waals surface area contributed by atoms with Gasteiger partial charge in [-0.05, 0) is 31.0 Å².